The van der Waals surface area contributed by atoms with Crippen LogP contribution in [0.3, 0.4) is 0 Å². The monoisotopic (exact) mass is 226 g/mol. The lowest BCUT2D eigenvalue weighted by atomic mass is 9.83. The van der Waals surface area contributed by atoms with Crippen molar-refractivity contribution in [2.75, 3.05) is 7.11 Å². The van der Waals surface area contributed by atoms with Crippen molar-refractivity contribution >= 4 is 5.97 Å². The molecule has 1 saturated carbocycles. The Labute approximate surface area is 97.8 Å². The van der Waals surface area contributed by atoms with E-state index in [1.54, 1.807) is 14.0 Å². The average Bonchev–Trinajstić information content (AvgIpc) is 2.67. The van der Waals surface area contributed by atoms with Gasteiger partial charge in [0.05, 0.1) is 0 Å². The summed E-state index contributed by atoms with van der Waals surface area (Å²) < 4.78 is 11.2. The first-order valence-corrected chi connectivity index (χ1v) is 5.79. The van der Waals surface area contributed by atoms with Gasteiger partial charge < -0.3 is 9.47 Å². The lowest BCUT2D eigenvalue weighted by Gasteiger charge is -2.42. The second-order valence-electron chi connectivity index (χ2n) is 5.09. The standard InChI is InChI=1S/C13H22O3/c1-10(2)11(14)16-13(8-6-7-9-13)12(3,4)15-5/h1,6-9H2,2-5H3. The Hall–Kier alpha value is -0.830. The number of hydrogen-bond donors (Lipinski definition) is 0. The molecule has 92 valence electrons. The summed E-state index contributed by atoms with van der Waals surface area (Å²) >= 11 is 0. The molecule has 0 aromatic heterocycles. The van der Waals surface area contributed by atoms with Crippen molar-refractivity contribution in [1.82, 2.24) is 0 Å². The quantitative estimate of drug-likeness (QED) is 0.546. The van der Waals surface area contributed by atoms with Gasteiger partial charge in [0.1, 0.15) is 11.2 Å². The smallest absolute Gasteiger partial charge is 0.333 e. The molecule has 0 radical (unpaired) electrons. The molecule has 3 nitrogen and oxygen atoms in total. The molecule has 0 aromatic rings. The molecule has 0 atom stereocenters. The van der Waals surface area contributed by atoms with Gasteiger partial charge in [-0.15, -0.1) is 0 Å². The van der Waals surface area contributed by atoms with Gasteiger partial charge in [0.2, 0.25) is 0 Å². The molecule has 0 aliphatic heterocycles. The minimum Gasteiger partial charge on any atom is -0.453 e. The normalized spacial score (nSPS) is 19.5. The van der Waals surface area contributed by atoms with E-state index < -0.39 is 11.2 Å². The second-order valence-corrected chi connectivity index (χ2v) is 5.09. The van der Waals surface area contributed by atoms with E-state index in [1.165, 1.54) is 0 Å². The zero-order valence-electron chi connectivity index (χ0n) is 10.8. The van der Waals surface area contributed by atoms with Crippen LogP contribution in [-0.2, 0) is 14.3 Å². The van der Waals surface area contributed by atoms with Gasteiger partial charge in [0.15, 0.2) is 0 Å². The van der Waals surface area contributed by atoms with Gasteiger partial charge in [0, 0.05) is 12.7 Å². The van der Waals surface area contributed by atoms with Crippen molar-refractivity contribution in [3.8, 4) is 0 Å². The van der Waals surface area contributed by atoms with E-state index in [9.17, 15) is 4.79 Å². The van der Waals surface area contributed by atoms with Gasteiger partial charge in [-0.2, -0.15) is 0 Å². The maximum Gasteiger partial charge on any atom is 0.333 e. The SMILES string of the molecule is C=C(C)C(=O)OC1(C(C)(C)OC)CCCC1. The Morgan fingerprint density at radius 1 is 1.31 bits per heavy atom. The third-order valence-corrected chi connectivity index (χ3v) is 3.66. The molecule has 3 heteroatoms. The van der Waals surface area contributed by atoms with Crippen LogP contribution in [0.4, 0.5) is 0 Å². The van der Waals surface area contributed by atoms with Crippen molar-refractivity contribution in [3.63, 3.8) is 0 Å². The summed E-state index contributed by atoms with van der Waals surface area (Å²) in [5.41, 5.74) is -0.495. The average molecular weight is 226 g/mol. The highest BCUT2D eigenvalue weighted by molar-refractivity contribution is 5.87. The number of esters is 1. The van der Waals surface area contributed by atoms with Crippen LogP contribution in [0, 0.1) is 0 Å². The Morgan fingerprint density at radius 3 is 2.19 bits per heavy atom. The van der Waals surface area contributed by atoms with Crippen molar-refractivity contribution in [3.05, 3.63) is 12.2 Å². The molecule has 0 aromatic carbocycles. The fourth-order valence-electron chi connectivity index (χ4n) is 2.22. The van der Waals surface area contributed by atoms with Crippen LogP contribution >= 0.6 is 0 Å². The van der Waals surface area contributed by atoms with Gasteiger partial charge in [-0.3, -0.25) is 0 Å². The molecule has 1 aliphatic carbocycles. The van der Waals surface area contributed by atoms with E-state index >= 15 is 0 Å². The van der Waals surface area contributed by atoms with Crippen LogP contribution in [0.1, 0.15) is 46.5 Å². The van der Waals surface area contributed by atoms with Gasteiger partial charge in [-0.1, -0.05) is 6.58 Å². The summed E-state index contributed by atoms with van der Waals surface area (Å²) in [5, 5.41) is 0. The molecule has 0 N–H and O–H groups in total. The predicted molar refractivity (Wildman–Crippen MR) is 63.2 cm³/mol. The van der Waals surface area contributed by atoms with E-state index in [1.807, 2.05) is 13.8 Å². The van der Waals surface area contributed by atoms with Crippen molar-refractivity contribution in [2.45, 2.75) is 57.7 Å². The number of ether oxygens (including phenoxy) is 2. The molecule has 0 spiro atoms. The molecule has 1 aliphatic rings. The van der Waals surface area contributed by atoms with Crippen LogP contribution < -0.4 is 0 Å². The van der Waals surface area contributed by atoms with E-state index in [0.29, 0.717) is 5.57 Å². The molecular weight excluding hydrogens is 204 g/mol. The maximum absolute atomic E-state index is 11.7. The zero-order chi connectivity index (χ0) is 12.4. The summed E-state index contributed by atoms with van der Waals surface area (Å²) in [6.45, 7) is 9.24. The first kappa shape index (κ1) is 13.2. The summed E-state index contributed by atoms with van der Waals surface area (Å²) in [6.07, 6.45) is 3.90. The number of carbonyl (C=O) groups is 1. The van der Waals surface area contributed by atoms with E-state index in [0.717, 1.165) is 25.7 Å². The molecule has 0 bridgehead atoms. The highest BCUT2D eigenvalue weighted by Gasteiger charge is 2.50. The number of methoxy groups -OCH3 is 1. The Kier molecular flexibility index (Phi) is 3.79. The van der Waals surface area contributed by atoms with Crippen molar-refractivity contribution in [1.29, 1.82) is 0 Å². The van der Waals surface area contributed by atoms with Crippen LogP contribution in [0.25, 0.3) is 0 Å². The van der Waals surface area contributed by atoms with Crippen LogP contribution in [-0.4, -0.2) is 24.3 Å². The predicted octanol–water partition coefficient (Wildman–Crippen LogP) is 2.84. The van der Waals surface area contributed by atoms with Crippen molar-refractivity contribution < 1.29 is 14.3 Å². The third kappa shape index (κ3) is 2.29. The molecule has 16 heavy (non-hydrogen) atoms. The molecular formula is C13H22O3. The van der Waals surface area contributed by atoms with Crippen LogP contribution in [0.15, 0.2) is 12.2 Å². The topological polar surface area (TPSA) is 35.5 Å². The van der Waals surface area contributed by atoms with E-state index in [2.05, 4.69) is 6.58 Å². The maximum atomic E-state index is 11.7. The lowest BCUT2D eigenvalue weighted by molar-refractivity contribution is -0.190. The first-order valence-electron chi connectivity index (χ1n) is 5.79. The molecule has 1 rings (SSSR count). The Morgan fingerprint density at radius 2 is 1.81 bits per heavy atom. The van der Waals surface area contributed by atoms with Gasteiger partial charge in [-0.25, -0.2) is 4.79 Å². The largest absolute Gasteiger partial charge is 0.453 e. The molecule has 0 saturated heterocycles. The lowest BCUT2D eigenvalue weighted by Crippen LogP contribution is -2.52. The number of rotatable bonds is 4. The summed E-state index contributed by atoms with van der Waals surface area (Å²) in [5.74, 6) is -0.313. The van der Waals surface area contributed by atoms with Crippen LogP contribution in [0.2, 0.25) is 0 Å². The van der Waals surface area contributed by atoms with Crippen molar-refractivity contribution in [2.24, 2.45) is 0 Å². The minimum absolute atomic E-state index is 0.313. The van der Waals surface area contributed by atoms with Gasteiger partial charge in [-0.05, 0) is 46.5 Å². The Balaban J connectivity index is 2.90. The summed E-state index contributed by atoms with van der Waals surface area (Å²) in [6, 6.07) is 0. The number of hydrogen-bond acceptors (Lipinski definition) is 3. The molecule has 0 unspecified atom stereocenters. The van der Waals surface area contributed by atoms with E-state index in [4.69, 9.17) is 9.47 Å². The molecule has 0 amide bonds. The highest BCUT2D eigenvalue weighted by Crippen LogP contribution is 2.43. The van der Waals surface area contributed by atoms with Gasteiger partial charge in [0.25, 0.3) is 0 Å². The second kappa shape index (κ2) is 4.58. The molecule has 0 heterocycles. The third-order valence-electron chi connectivity index (χ3n) is 3.66. The fourth-order valence-corrected chi connectivity index (χ4v) is 2.22. The Bertz CT molecular complexity index is 286. The molecule has 1 fully saturated rings. The minimum atomic E-state index is -0.488. The van der Waals surface area contributed by atoms with Crippen LogP contribution in [0.5, 0.6) is 0 Å². The van der Waals surface area contributed by atoms with E-state index in [-0.39, 0.29) is 5.97 Å². The van der Waals surface area contributed by atoms with Gasteiger partial charge >= 0.3 is 5.97 Å². The summed E-state index contributed by atoms with van der Waals surface area (Å²) in [4.78, 5) is 11.7. The number of carbonyl (C=O) groups excluding carboxylic acids is 1. The zero-order valence-corrected chi connectivity index (χ0v) is 10.8. The highest BCUT2D eigenvalue weighted by atomic mass is 16.6. The summed E-state index contributed by atoms with van der Waals surface area (Å²) in [7, 11) is 1.66. The first-order chi connectivity index (χ1) is 7.34. The fraction of sp³-hybridized carbons (Fsp3) is 0.769.